The van der Waals surface area contributed by atoms with Crippen LogP contribution in [0.25, 0.3) is 0 Å². The van der Waals surface area contributed by atoms with Crippen molar-refractivity contribution in [3.63, 3.8) is 0 Å². The Morgan fingerprint density at radius 1 is 1.38 bits per heavy atom. The van der Waals surface area contributed by atoms with E-state index in [9.17, 15) is 4.79 Å². The fourth-order valence-electron chi connectivity index (χ4n) is 1.48. The summed E-state index contributed by atoms with van der Waals surface area (Å²) in [5.74, 6) is 0.0970. The highest BCUT2D eigenvalue weighted by molar-refractivity contribution is 9.10. The van der Waals surface area contributed by atoms with Crippen LogP contribution in [0.2, 0.25) is 0 Å². The Balaban J connectivity index is 2.52. The van der Waals surface area contributed by atoms with Crippen LogP contribution in [0.5, 0.6) is 0 Å². The summed E-state index contributed by atoms with van der Waals surface area (Å²) in [5, 5.41) is 2.92. The summed E-state index contributed by atoms with van der Waals surface area (Å²) in [5.41, 5.74) is 2.01. The van der Waals surface area contributed by atoms with Crippen LogP contribution in [0, 0.1) is 6.92 Å². The lowest BCUT2D eigenvalue weighted by Crippen LogP contribution is -2.11. The Bertz CT molecular complexity index is 363. The molecule has 1 rings (SSSR count). The van der Waals surface area contributed by atoms with Gasteiger partial charge in [0.05, 0.1) is 5.69 Å². The van der Waals surface area contributed by atoms with Crippen molar-refractivity contribution in [3.8, 4) is 0 Å². The minimum atomic E-state index is 0.0970. The molecule has 0 fully saturated rings. The zero-order valence-corrected chi connectivity index (χ0v) is 11.4. The van der Waals surface area contributed by atoms with Gasteiger partial charge in [-0.3, -0.25) is 4.79 Å². The van der Waals surface area contributed by atoms with Crippen molar-refractivity contribution in [3.05, 3.63) is 28.2 Å². The van der Waals surface area contributed by atoms with Crippen LogP contribution in [0.1, 0.15) is 38.2 Å². The van der Waals surface area contributed by atoms with Crippen molar-refractivity contribution in [1.82, 2.24) is 0 Å². The molecule has 1 aromatic carbocycles. The second-order valence-electron chi connectivity index (χ2n) is 3.99. The van der Waals surface area contributed by atoms with Gasteiger partial charge in [0.1, 0.15) is 0 Å². The second kappa shape index (κ2) is 6.69. The van der Waals surface area contributed by atoms with E-state index in [1.54, 1.807) is 0 Å². The van der Waals surface area contributed by atoms with Crippen molar-refractivity contribution in [1.29, 1.82) is 0 Å². The van der Waals surface area contributed by atoms with Gasteiger partial charge in [0, 0.05) is 10.9 Å². The number of carbonyl (C=O) groups excluding carboxylic acids is 1. The van der Waals surface area contributed by atoms with Crippen LogP contribution >= 0.6 is 15.9 Å². The highest BCUT2D eigenvalue weighted by atomic mass is 79.9. The third kappa shape index (κ3) is 4.35. The number of benzene rings is 1. The number of aryl methyl sites for hydroxylation is 1. The second-order valence-corrected chi connectivity index (χ2v) is 4.84. The number of anilines is 1. The SMILES string of the molecule is CCCCCC(=O)Nc1cc(C)ccc1Br. The molecule has 3 heteroatoms. The summed E-state index contributed by atoms with van der Waals surface area (Å²) >= 11 is 3.43. The molecule has 2 nitrogen and oxygen atoms in total. The van der Waals surface area contributed by atoms with Gasteiger partial charge in [-0.15, -0.1) is 0 Å². The molecule has 0 saturated heterocycles. The number of carbonyl (C=O) groups is 1. The summed E-state index contributed by atoms with van der Waals surface area (Å²) in [6.45, 7) is 4.15. The van der Waals surface area contributed by atoms with E-state index in [1.807, 2.05) is 25.1 Å². The van der Waals surface area contributed by atoms with E-state index in [-0.39, 0.29) is 5.91 Å². The number of hydrogen-bond donors (Lipinski definition) is 1. The number of hydrogen-bond acceptors (Lipinski definition) is 1. The maximum absolute atomic E-state index is 11.6. The molecular weight excluding hydrogens is 266 g/mol. The van der Waals surface area contributed by atoms with Crippen LogP contribution in [0.4, 0.5) is 5.69 Å². The van der Waals surface area contributed by atoms with Crippen molar-refractivity contribution >= 4 is 27.5 Å². The van der Waals surface area contributed by atoms with E-state index in [0.717, 1.165) is 35.0 Å². The topological polar surface area (TPSA) is 29.1 Å². The minimum Gasteiger partial charge on any atom is -0.325 e. The highest BCUT2D eigenvalue weighted by Gasteiger charge is 2.05. The molecule has 88 valence electrons. The van der Waals surface area contributed by atoms with Gasteiger partial charge in [0.15, 0.2) is 0 Å². The molecule has 0 atom stereocenters. The fraction of sp³-hybridized carbons (Fsp3) is 0.462. The Morgan fingerprint density at radius 3 is 2.81 bits per heavy atom. The van der Waals surface area contributed by atoms with E-state index < -0.39 is 0 Å². The Morgan fingerprint density at radius 2 is 2.12 bits per heavy atom. The molecule has 1 N–H and O–H groups in total. The van der Waals surface area contributed by atoms with E-state index >= 15 is 0 Å². The molecule has 1 amide bonds. The number of unbranched alkanes of at least 4 members (excludes halogenated alkanes) is 2. The monoisotopic (exact) mass is 283 g/mol. The zero-order valence-electron chi connectivity index (χ0n) is 9.85. The summed E-state index contributed by atoms with van der Waals surface area (Å²) in [7, 11) is 0. The molecule has 1 aromatic rings. The normalized spacial score (nSPS) is 10.2. The number of halogens is 1. The van der Waals surface area contributed by atoms with Crippen LogP contribution in [0.3, 0.4) is 0 Å². The van der Waals surface area contributed by atoms with Gasteiger partial charge < -0.3 is 5.32 Å². The van der Waals surface area contributed by atoms with Gasteiger partial charge in [-0.1, -0.05) is 25.8 Å². The van der Waals surface area contributed by atoms with Gasteiger partial charge in [-0.05, 0) is 47.0 Å². The minimum absolute atomic E-state index is 0.0970. The largest absolute Gasteiger partial charge is 0.325 e. The van der Waals surface area contributed by atoms with Gasteiger partial charge in [-0.2, -0.15) is 0 Å². The van der Waals surface area contributed by atoms with Gasteiger partial charge in [0.2, 0.25) is 5.91 Å². The zero-order chi connectivity index (χ0) is 12.0. The van der Waals surface area contributed by atoms with Crippen LogP contribution in [-0.4, -0.2) is 5.91 Å². The number of amides is 1. The maximum atomic E-state index is 11.6. The molecular formula is C13H18BrNO. The summed E-state index contributed by atoms with van der Waals surface area (Å²) in [6, 6.07) is 5.94. The molecule has 0 unspecified atom stereocenters. The van der Waals surface area contributed by atoms with E-state index in [4.69, 9.17) is 0 Å². The maximum Gasteiger partial charge on any atom is 0.224 e. The fourth-order valence-corrected chi connectivity index (χ4v) is 1.83. The average Bonchev–Trinajstić information content (AvgIpc) is 2.24. The quantitative estimate of drug-likeness (QED) is 0.803. The summed E-state index contributed by atoms with van der Waals surface area (Å²) < 4.78 is 0.932. The average molecular weight is 284 g/mol. The molecule has 0 heterocycles. The summed E-state index contributed by atoms with van der Waals surface area (Å²) in [6.07, 6.45) is 3.82. The molecule has 16 heavy (non-hydrogen) atoms. The molecule has 0 bridgehead atoms. The third-order valence-corrected chi connectivity index (χ3v) is 3.09. The molecule has 0 radical (unpaired) electrons. The Labute approximate surface area is 106 Å². The molecule has 0 aliphatic rings. The van der Waals surface area contributed by atoms with Crippen LogP contribution in [-0.2, 0) is 4.79 Å². The molecule has 0 aliphatic heterocycles. The third-order valence-electron chi connectivity index (χ3n) is 2.40. The van der Waals surface area contributed by atoms with Gasteiger partial charge in [0.25, 0.3) is 0 Å². The first-order chi connectivity index (χ1) is 7.63. The number of nitrogens with one attached hydrogen (secondary N) is 1. The van der Waals surface area contributed by atoms with E-state index in [0.29, 0.717) is 6.42 Å². The lowest BCUT2D eigenvalue weighted by atomic mass is 10.2. The van der Waals surface area contributed by atoms with Crippen LogP contribution in [0.15, 0.2) is 22.7 Å². The standard InChI is InChI=1S/C13H18BrNO/c1-3-4-5-6-13(16)15-12-9-10(2)7-8-11(12)14/h7-9H,3-6H2,1-2H3,(H,15,16). The number of rotatable bonds is 5. The molecule has 0 aliphatic carbocycles. The van der Waals surface area contributed by atoms with Gasteiger partial charge >= 0.3 is 0 Å². The smallest absolute Gasteiger partial charge is 0.224 e. The first-order valence-corrected chi connectivity index (χ1v) is 6.48. The Hall–Kier alpha value is -0.830. The van der Waals surface area contributed by atoms with E-state index in [2.05, 4.69) is 28.2 Å². The molecule has 0 spiro atoms. The molecule has 0 saturated carbocycles. The van der Waals surface area contributed by atoms with Crippen molar-refractivity contribution in [2.24, 2.45) is 0 Å². The summed E-state index contributed by atoms with van der Waals surface area (Å²) in [4.78, 5) is 11.6. The predicted molar refractivity (Wildman–Crippen MR) is 71.7 cm³/mol. The lowest BCUT2D eigenvalue weighted by molar-refractivity contribution is -0.116. The first kappa shape index (κ1) is 13.2. The predicted octanol–water partition coefficient (Wildman–Crippen LogP) is 4.28. The van der Waals surface area contributed by atoms with Crippen molar-refractivity contribution < 1.29 is 4.79 Å². The lowest BCUT2D eigenvalue weighted by Gasteiger charge is -2.08. The van der Waals surface area contributed by atoms with Gasteiger partial charge in [-0.25, -0.2) is 0 Å². The van der Waals surface area contributed by atoms with E-state index in [1.165, 1.54) is 0 Å². The highest BCUT2D eigenvalue weighted by Crippen LogP contribution is 2.23. The first-order valence-electron chi connectivity index (χ1n) is 5.69. The Kier molecular flexibility index (Phi) is 5.53. The molecule has 0 aromatic heterocycles. The van der Waals surface area contributed by atoms with Crippen LogP contribution < -0.4 is 5.32 Å². The van der Waals surface area contributed by atoms with Crippen molar-refractivity contribution in [2.75, 3.05) is 5.32 Å². The van der Waals surface area contributed by atoms with Crippen molar-refractivity contribution in [2.45, 2.75) is 39.5 Å².